The van der Waals surface area contributed by atoms with Crippen molar-refractivity contribution in [2.75, 3.05) is 11.9 Å². The molecular formula is C18H17N3O2S. The quantitative estimate of drug-likeness (QED) is 0.742. The molecule has 0 radical (unpaired) electrons. The largest absolute Gasteiger partial charge is 0.493 e. The van der Waals surface area contributed by atoms with E-state index in [0.29, 0.717) is 29.5 Å². The Morgan fingerprint density at radius 1 is 1.08 bits per heavy atom. The minimum absolute atomic E-state index is 0.249. The van der Waals surface area contributed by atoms with Gasteiger partial charge in [0.25, 0.3) is 5.91 Å². The highest BCUT2D eigenvalue weighted by atomic mass is 32.1. The predicted molar refractivity (Wildman–Crippen MR) is 94.7 cm³/mol. The molecule has 0 saturated heterocycles. The fraction of sp³-hybridized carbons (Fsp3) is 0.167. The van der Waals surface area contributed by atoms with E-state index in [1.807, 2.05) is 43.3 Å². The van der Waals surface area contributed by atoms with Gasteiger partial charge in [-0.15, -0.1) is 10.2 Å². The van der Waals surface area contributed by atoms with E-state index in [9.17, 15) is 4.79 Å². The Morgan fingerprint density at radius 2 is 1.83 bits per heavy atom. The zero-order valence-electron chi connectivity index (χ0n) is 13.2. The Balaban J connectivity index is 1.69. The second kappa shape index (κ2) is 7.70. The third-order valence-electron chi connectivity index (χ3n) is 3.32. The third-order valence-corrected chi connectivity index (χ3v) is 4.16. The van der Waals surface area contributed by atoms with Crippen LogP contribution in [0, 0.1) is 0 Å². The van der Waals surface area contributed by atoms with Crippen LogP contribution in [0.1, 0.15) is 27.9 Å². The molecule has 0 atom stereocenters. The van der Waals surface area contributed by atoms with Gasteiger partial charge in [0, 0.05) is 6.42 Å². The van der Waals surface area contributed by atoms with Crippen molar-refractivity contribution in [1.82, 2.24) is 10.2 Å². The standard InChI is InChI=1S/C18H17N3O2S/c1-2-23-15-11-7-6-10-14(15)17(22)19-18-21-20-16(24-18)12-13-8-4-3-5-9-13/h3-11H,2,12H2,1H3,(H,19,21,22). The summed E-state index contributed by atoms with van der Waals surface area (Å²) in [6.07, 6.45) is 0.698. The van der Waals surface area contributed by atoms with Crippen molar-refractivity contribution in [3.05, 3.63) is 70.7 Å². The van der Waals surface area contributed by atoms with Crippen LogP contribution in [0.15, 0.2) is 54.6 Å². The van der Waals surface area contributed by atoms with E-state index in [1.165, 1.54) is 11.3 Å². The van der Waals surface area contributed by atoms with Crippen LogP contribution < -0.4 is 10.1 Å². The third kappa shape index (κ3) is 3.97. The summed E-state index contributed by atoms with van der Waals surface area (Å²) in [4.78, 5) is 12.4. The molecule has 3 rings (SSSR count). The molecule has 24 heavy (non-hydrogen) atoms. The van der Waals surface area contributed by atoms with Gasteiger partial charge in [0.15, 0.2) is 0 Å². The van der Waals surface area contributed by atoms with Gasteiger partial charge in [-0.05, 0) is 24.6 Å². The molecule has 1 amide bonds. The second-order valence-electron chi connectivity index (χ2n) is 5.05. The smallest absolute Gasteiger partial charge is 0.261 e. The maximum absolute atomic E-state index is 12.4. The molecule has 122 valence electrons. The summed E-state index contributed by atoms with van der Waals surface area (Å²) >= 11 is 1.37. The van der Waals surface area contributed by atoms with Crippen LogP contribution in [0.4, 0.5) is 5.13 Å². The molecule has 1 heterocycles. The first kappa shape index (κ1) is 16.1. The molecular weight excluding hydrogens is 322 g/mol. The fourth-order valence-electron chi connectivity index (χ4n) is 2.25. The first-order valence-electron chi connectivity index (χ1n) is 7.65. The Labute approximate surface area is 144 Å². The molecule has 1 aromatic heterocycles. The predicted octanol–water partition coefficient (Wildman–Crippen LogP) is 3.78. The molecule has 0 aliphatic carbocycles. The van der Waals surface area contributed by atoms with Crippen molar-refractivity contribution < 1.29 is 9.53 Å². The Kier molecular flexibility index (Phi) is 5.18. The number of anilines is 1. The Morgan fingerprint density at radius 3 is 2.62 bits per heavy atom. The Bertz CT molecular complexity index is 818. The summed E-state index contributed by atoms with van der Waals surface area (Å²) in [5, 5.41) is 12.3. The lowest BCUT2D eigenvalue weighted by Crippen LogP contribution is -2.13. The van der Waals surface area contributed by atoms with E-state index in [-0.39, 0.29) is 5.91 Å². The summed E-state index contributed by atoms with van der Waals surface area (Å²) in [7, 11) is 0. The first-order chi connectivity index (χ1) is 11.8. The van der Waals surface area contributed by atoms with Gasteiger partial charge in [0.05, 0.1) is 12.2 Å². The van der Waals surface area contributed by atoms with E-state index in [0.717, 1.165) is 10.6 Å². The van der Waals surface area contributed by atoms with Crippen LogP contribution in [0.3, 0.4) is 0 Å². The highest BCUT2D eigenvalue weighted by molar-refractivity contribution is 7.15. The number of amides is 1. The zero-order chi connectivity index (χ0) is 16.8. The highest BCUT2D eigenvalue weighted by Gasteiger charge is 2.14. The van der Waals surface area contributed by atoms with Crippen molar-refractivity contribution in [1.29, 1.82) is 0 Å². The topological polar surface area (TPSA) is 64.1 Å². The number of para-hydroxylation sites is 1. The van der Waals surface area contributed by atoms with Gasteiger partial charge in [-0.3, -0.25) is 10.1 Å². The zero-order valence-corrected chi connectivity index (χ0v) is 14.0. The van der Waals surface area contributed by atoms with Crippen LogP contribution in [0.25, 0.3) is 0 Å². The number of ether oxygens (including phenoxy) is 1. The van der Waals surface area contributed by atoms with Crippen LogP contribution in [-0.4, -0.2) is 22.7 Å². The summed E-state index contributed by atoms with van der Waals surface area (Å²) in [6.45, 7) is 2.39. The van der Waals surface area contributed by atoms with Crippen molar-refractivity contribution in [3.63, 3.8) is 0 Å². The van der Waals surface area contributed by atoms with Crippen molar-refractivity contribution in [2.24, 2.45) is 0 Å². The molecule has 5 nitrogen and oxygen atoms in total. The monoisotopic (exact) mass is 339 g/mol. The van der Waals surface area contributed by atoms with Crippen LogP contribution in [-0.2, 0) is 6.42 Å². The maximum Gasteiger partial charge on any atom is 0.261 e. The van der Waals surface area contributed by atoms with Gasteiger partial charge in [-0.25, -0.2) is 0 Å². The van der Waals surface area contributed by atoms with Gasteiger partial charge in [0.2, 0.25) is 5.13 Å². The second-order valence-corrected chi connectivity index (χ2v) is 6.11. The summed E-state index contributed by atoms with van der Waals surface area (Å²) in [5.41, 5.74) is 1.65. The van der Waals surface area contributed by atoms with Gasteiger partial charge >= 0.3 is 0 Å². The molecule has 0 bridgehead atoms. The van der Waals surface area contributed by atoms with Crippen molar-refractivity contribution in [2.45, 2.75) is 13.3 Å². The highest BCUT2D eigenvalue weighted by Crippen LogP contribution is 2.22. The lowest BCUT2D eigenvalue weighted by molar-refractivity contribution is 0.102. The van der Waals surface area contributed by atoms with Crippen LogP contribution >= 0.6 is 11.3 Å². The fourth-order valence-corrected chi connectivity index (χ4v) is 3.02. The van der Waals surface area contributed by atoms with E-state index >= 15 is 0 Å². The van der Waals surface area contributed by atoms with Crippen LogP contribution in [0.5, 0.6) is 5.75 Å². The minimum Gasteiger partial charge on any atom is -0.493 e. The van der Waals surface area contributed by atoms with E-state index < -0.39 is 0 Å². The molecule has 3 aromatic rings. The molecule has 0 saturated carbocycles. The molecule has 6 heteroatoms. The number of benzene rings is 2. The Hall–Kier alpha value is -2.73. The molecule has 0 aliphatic heterocycles. The first-order valence-corrected chi connectivity index (χ1v) is 8.47. The number of hydrogen-bond donors (Lipinski definition) is 1. The SMILES string of the molecule is CCOc1ccccc1C(=O)Nc1nnc(Cc2ccccc2)s1. The van der Waals surface area contributed by atoms with Gasteiger partial charge in [-0.2, -0.15) is 0 Å². The average Bonchev–Trinajstić information content (AvgIpc) is 3.03. The van der Waals surface area contributed by atoms with Gasteiger partial charge in [-0.1, -0.05) is 53.8 Å². The number of nitrogens with one attached hydrogen (secondary N) is 1. The average molecular weight is 339 g/mol. The molecule has 0 aliphatic rings. The number of nitrogens with zero attached hydrogens (tertiary/aromatic N) is 2. The number of rotatable bonds is 6. The number of aromatic nitrogens is 2. The van der Waals surface area contributed by atoms with Crippen molar-refractivity contribution >= 4 is 22.4 Å². The molecule has 0 spiro atoms. The van der Waals surface area contributed by atoms with Crippen LogP contribution in [0.2, 0.25) is 0 Å². The van der Waals surface area contributed by atoms with E-state index in [2.05, 4.69) is 15.5 Å². The normalized spacial score (nSPS) is 10.4. The van der Waals surface area contributed by atoms with E-state index in [1.54, 1.807) is 18.2 Å². The summed E-state index contributed by atoms with van der Waals surface area (Å²) < 4.78 is 5.49. The van der Waals surface area contributed by atoms with Gasteiger partial charge in [0.1, 0.15) is 10.8 Å². The summed E-state index contributed by atoms with van der Waals surface area (Å²) in [6, 6.07) is 17.2. The lowest BCUT2D eigenvalue weighted by Gasteiger charge is -2.08. The molecule has 1 N–H and O–H groups in total. The maximum atomic E-state index is 12.4. The molecule has 0 unspecified atom stereocenters. The van der Waals surface area contributed by atoms with Crippen molar-refractivity contribution in [3.8, 4) is 5.75 Å². The minimum atomic E-state index is -0.249. The van der Waals surface area contributed by atoms with E-state index in [4.69, 9.17) is 4.74 Å². The van der Waals surface area contributed by atoms with Gasteiger partial charge < -0.3 is 4.74 Å². The molecule has 2 aromatic carbocycles. The lowest BCUT2D eigenvalue weighted by atomic mass is 10.2. The number of carbonyl (C=O) groups excluding carboxylic acids is 1. The summed E-state index contributed by atoms with van der Waals surface area (Å²) in [5.74, 6) is 0.313. The number of hydrogen-bond acceptors (Lipinski definition) is 5. The molecule has 0 fully saturated rings. The number of carbonyl (C=O) groups is 1.